The molecule has 1 heterocycles. The van der Waals surface area contributed by atoms with Gasteiger partial charge in [0, 0.05) is 23.6 Å². The van der Waals surface area contributed by atoms with E-state index in [9.17, 15) is 9.59 Å². The summed E-state index contributed by atoms with van der Waals surface area (Å²) in [6.45, 7) is 1.48. The topological polar surface area (TPSA) is 107 Å². The summed E-state index contributed by atoms with van der Waals surface area (Å²) >= 11 is 0. The van der Waals surface area contributed by atoms with Gasteiger partial charge in [-0.2, -0.15) is 0 Å². The van der Waals surface area contributed by atoms with E-state index in [2.05, 4.69) is 15.3 Å². The monoisotopic (exact) mass is 362 g/mol. The number of carbonyl (C=O) groups is 2. The van der Waals surface area contributed by atoms with Gasteiger partial charge in [-0.05, 0) is 18.6 Å². The molecular formula is C20H18N4O3. The first-order valence-corrected chi connectivity index (χ1v) is 8.29. The van der Waals surface area contributed by atoms with Crippen molar-refractivity contribution in [3.05, 3.63) is 72.7 Å². The fourth-order valence-electron chi connectivity index (χ4n) is 2.47. The van der Waals surface area contributed by atoms with Gasteiger partial charge in [0.2, 0.25) is 0 Å². The van der Waals surface area contributed by atoms with Crippen LogP contribution in [0.2, 0.25) is 0 Å². The maximum atomic E-state index is 12.5. The van der Waals surface area contributed by atoms with Crippen LogP contribution in [0.4, 0.5) is 11.5 Å². The van der Waals surface area contributed by atoms with Crippen LogP contribution in [-0.2, 0) is 9.53 Å². The molecular weight excluding hydrogens is 344 g/mol. The standard InChI is InChI=1S/C20H18N4O3/c1-13(27-20(26)17-18(21)23-12-11-22-17)19(25)24-16-10-6-5-9-15(16)14-7-3-2-4-8-14/h2-13H,1H3,(H2,21,23)(H,24,25). The molecule has 0 bridgehead atoms. The number of nitrogens with zero attached hydrogens (tertiary/aromatic N) is 2. The molecule has 3 N–H and O–H groups in total. The number of ether oxygens (including phenoxy) is 1. The van der Waals surface area contributed by atoms with Crippen LogP contribution in [-0.4, -0.2) is 27.9 Å². The first kappa shape index (κ1) is 18.1. The van der Waals surface area contributed by atoms with Crippen molar-refractivity contribution in [1.82, 2.24) is 9.97 Å². The lowest BCUT2D eigenvalue weighted by molar-refractivity contribution is -0.123. The minimum absolute atomic E-state index is 0.0514. The normalized spacial score (nSPS) is 11.4. The predicted octanol–water partition coefficient (Wildman–Crippen LogP) is 2.91. The number of aromatic nitrogens is 2. The largest absolute Gasteiger partial charge is 0.448 e. The highest BCUT2D eigenvalue weighted by Gasteiger charge is 2.22. The van der Waals surface area contributed by atoms with E-state index in [4.69, 9.17) is 10.5 Å². The van der Waals surface area contributed by atoms with Gasteiger partial charge in [-0.3, -0.25) is 4.79 Å². The zero-order valence-corrected chi connectivity index (χ0v) is 14.6. The molecule has 27 heavy (non-hydrogen) atoms. The number of hydrogen-bond acceptors (Lipinski definition) is 6. The van der Waals surface area contributed by atoms with E-state index in [1.54, 1.807) is 6.07 Å². The highest BCUT2D eigenvalue weighted by atomic mass is 16.5. The highest BCUT2D eigenvalue weighted by Crippen LogP contribution is 2.27. The van der Waals surface area contributed by atoms with E-state index >= 15 is 0 Å². The molecule has 0 saturated heterocycles. The zero-order valence-electron chi connectivity index (χ0n) is 14.6. The molecule has 3 aromatic rings. The molecule has 0 spiro atoms. The number of anilines is 2. The number of amides is 1. The number of rotatable bonds is 5. The summed E-state index contributed by atoms with van der Waals surface area (Å²) in [6, 6.07) is 17.1. The van der Waals surface area contributed by atoms with Gasteiger partial charge in [0.15, 0.2) is 17.6 Å². The molecule has 1 atom stereocenters. The molecule has 0 radical (unpaired) electrons. The molecule has 0 saturated carbocycles. The minimum Gasteiger partial charge on any atom is -0.448 e. The van der Waals surface area contributed by atoms with E-state index in [0.29, 0.717) is 5.69 Å². The number of hydrogen-bond donors (Lipinski definition) is 2. The number of benzene rings is 2. The number of nitrogens with two attached hydrogens (primary N) is 1. The molecule has 1 aromatic heterocycles. The molecule has 0 aliphatic carbocycles. The van der Waals surface area contributed by atoms with Gasteiger partial charge in [0.05, 0.1) is 0 Å². The fraction of sp³-hybridized carbons (Fsp3) is 0.100. The van der Waals surface area contributed by atoms with Crippen molar-refractivity contribution >= 4 is 23.4 Å². The van der Waals surface area contributed by atoms with Gasteiger partial charge in [0.25, 0.3) is 5.91 Å². The van der Waals surface area contributed by atoms with E-state index in [-0.39, 0.29) is 11.5 Å². The van der Waals surface area contributed by atoms with Gasteiger partial charge >= 0.3 is 5.97 Å². The molecule has 2 aromatic carbocycles. The maximum absolute atomic E-state index is 12.5. The van der Waals surface area contributed by atoms with E-state index in [1.807, 2.05) is 48.5 Å². The lowest BCUT2D eigenvalue weighted by Crippen LogP contribution is -2.30. The van der Waals surface area contributed by atoms with Crippen LogP contribution >= 0.6 is 0 Å². The Balaban J connectivity index is 1.73. The summed E-state index contributed by atoms with van der Waals surface area (Å²) in [7, 11) is 0. The van der Waals surface area contributed by atoms with E-state index in [1.165, 1.54) is 19.3 Å². The van der Waals surface area contributed by atoms with Crippen molar-refractivity contribution in [2.75, 3.05) is 11.1 Å². The summed E-state index contributed by atoms with van der Waals surface area (Å²) in [4.78, 5) is 32.2. The van der Waals surface area contributed by atoms with Crippen molar-refractivity contribution in [1.29, 1.82) is 0 Å². The lowest BCUT2D eigenvalue weighted by atomic mass is 10.0. The first-order chi connectivity index (χ1) is 13.1. The second-order valence-corrected chi connectivity index (χ2v) is 5.74. The maximum Gasteiger partial charge on any atom is 0.361 e. The Hall–Kier alpha value is -3.74. The fourth-order valence-corrected chi connectivity index (χ4v) is 2.47. The Morgan fingerprint density at radius 1 is 1.00 bits per heavy atom. The third-order valence-corrected chi connectivity index (χ3v) is 3.84. The number of carbonyl (C=O) groups excluding carboxylic acids is 2. The molecule has 136 valence electrons. The summed E-state index contributed by atoms with van der Waals surface area (Å²) in [5, 5.41) is 2.80. The Kier molecular flexibility index (Phi) is 5.41. The molecule has 1 amide bonds. The summed E-state index contributed by atoms with van der Waals surface area (Å²) in [6.07, 6.45) is 1.65. The van der Waals surface area contributed by atoms with Crippen molar-refractivity contribution < 1.29 is 14.3 Å². The molecule has 7 heteroatoms. The summed E-state index contributed by atoms with van der Waals surface area (Å²) < 4.78 is 5.16. The molecule has 0 aliphatic heterocycles. The molecule has 0 fully saturated rings. The summed E-state index contributed by atoms with van der Waals surface area (Å²) in [5.74, 6) is -1.32. The van der Waals surface area contributed by atoms with Crippen molar-refractivity contribution in [2.45, 2.75) is 13.0 Å². The molecule has 7 nitrogen and oxygen atoms in total. The SMILES string of the molecule is CC(OC(=O)c1nccnc1N)C(=O)Nc1ccccc1-c1ccccc1. The van der Waals surface area contributed by atoms with Crippen LogP contribution < -0.4 is 11.1 Å². The van der Waals surface area contributed by atoms with Crippen LogP contribution in [0.15, 0.2) is 67.0 Å². The van der Waals surface area contributed by atoms with Crippen LogP contribution in [0.5, 0.6) is 0 Å². The van der Waals surface area contributed by atoms with E-state index < -0.39 is 18.0 Å². The first-order valence-electron chi connectivity index (χ1n) is 8.29. The van der Waals surface area contributed by atoms with Crippen LogP contribution in [0.1, 0.15) is 17.4 Å². The third kappa shape index (κ3) is 4.27. The Bertz CT molecular complexity index is 960. The zero-order chi connectivity index (χ0) is 19.2. The highest BCUT2D eigenvalue weighted by molar-refractivity contribution is 6.00. The van der Waals surface area contributed by atoms with Gasteiger partial charge in [-0.1, -0.05) is 48.5 Å². The van der Waals surface area contributed by atoms with Crippen molar-refractivity contribution in [3.63, 3.8) is 0 Å². The molecule has 1 unspecified atom stereocenters. The lowest BCUT2D eigenvalue weighted by Gasteiger charge is -2.16. The van der Waals surface area contributed by atoms with Crippen molar-refractivity contribution in [3.8, 4) is 11.1 Å². The van der Waals surface area contributed by atoms with Gasteiger partial charge < -0.3 is 15.8 Å². The quantitative estimate of drug-likeness (QED) is 0.676. The second-order valence-electron chi connectivity index (χ2n) is 5.74. The van der Waals surface area contributed by atoms with Gasteiger partial charge in [-0.25, -0.2) is 14.8 Å². The summed E-state index contributed by atoms with van der Waals surface area (Å²) in [5.41, 5.74) is 7.93. The average Bonchev–Trinajstić information content (AvgIpc) is 2.69. The van der Waals surface area contributed by atoms with Crippen LogP contribution in [0.25, 0.3) is 11.1 Å². The van der Waals surface area contributed by atoms with E-state index in [0.717, 1.165) is 11.1 Å². The average molecular weight is 362 g/mol. The third-order valence-electron chi connectivity index (χ3n) is 3.84. The molecule has 3 rings (SSSR count). The number of esters is 1. The molecule has 0 aliphatic rings. The second kappa shape index (κ2) is 8.09. The Labute approximate surface area is 156 Å². The van der Waals surface area contributed by atoms with Gasteiger partial charge in [0.1, 0.15) is 0 Å². The number of nitrogens with one attached hydrogen (secondary N) is 1. The Morgan fingerprint density at radius 3 is 2.41 bits per heavy atom. The predicted molar refractivity (Wildman–Crippen MR) is 102 cm³/mol. The van der Waals surface area contributed by atoms with Crippen LogP contribution in [0, 0.1) is 0 Å². The number of para-hydroxylation sites is 1. The Morgan fingerprint density at radius 2 is 1.67 bits per heavy atom. The van der Waals surface area contributed by atoms with Crippen LogP contribution in [0.3, 0.4) is 0 Å². The van der Waals surface area contributed by atoms with Crippen molar-refractivity contribution in [2.24, 2.45) is 0 Å². The minimum atomic E-state index is -1.04. The van der Waals surface area contributed by atoms with Gasteiger partial charge in [-0.15, -0.1) is 0 Å². The smallest absolute Gasteiger partial charge is 0.361 e. The number of nitrogen functional groups attached to an aromatic ring is 1.